The topological polar surface area (TPSA) is 18.5 Å². The molecule has 118 valence electrons. The molecule has 0 spiro atoms. The summed E-state index contributed by atoms with van der Waals surface area (Å²) in [7, 11) is -1.54. The molecule has 0 aliphatic carbocycles. The lowest BCUT2D eigenvalue weighted by Gasteiger charge is -2.50. The standard InChI is InChI=1S/C17H34O2Si/c1-14(2)10-9-12-17(5)15(18-20(6,7)8)11-13-16(3,4)19-17/h10,15H,9,11-13H2,1-8H3/t15-,17+/m1/s1. The van der Waals surface area contributed by atoms with Crippen LogP contribution in [0.25, 0.3) is 0 Å². The predicted octanol–water partition coefficient (Wildman–Crippen LogP) is 5.30. The van der Waals surface area contributed by atoms with E-state index in [4.69, 9.17) is 9.16 Å². The number of rotatable bonds is 5. The molecule has 2 atom stereocenters. The quantitative estimate of drug-likeness (QED) is 0.506. The van der Waals surface area contributed by atoms with Gasteiger partial charge in [0.15, 0.2) is 8.32 Å². The van der Waals surface area contributed by atoms with Crippen LogP contribution in [0.15, 0.2) is 11.6 Å². The predicted molar refractivity (Wildman–Crippen MR) is 89.7 cm³/mol. The fourth-order valence-electron chi connectivity index (χ4n) is 3.00. The molecule has 1 aliphatic heterocycles. The largest absolute Gasteiger partial charge is 0.412 e. The summed E-state index contributed by atoms with van der Waals surface area (Å²) >= 11 is 0. The van der Waals surface area contributed by atoms with E-state index in [1.54, 1.807) is 0 Å². The molecule has 0 aromatic heterocycles. The summed E-state index contributed by atoms with van der Waals surface area (Å²) in [6.07, 6.45) is 6.86. The van der Waals surface area contributed by atoms with Crippen LogP contribution in [0.3, 0.4) is 0 Å². The Morgan fingerprint density at radius 3 is 2.35 bits per heavy atom. The first-order valence-corrected chi connectivity index (χ1v) is 11.4. The van der Waals surface area contributed by atoms with Gasteiger partial charge in [0.2, 0.25) is 0 Å². The van der Waals surface area contributed by atoms with Gasteiger partial charge in [0, 0.05) is 0 Å². The number of allylic oxidation sites excluding steroid dienone is 2. The molecule has 20 heavy (non-hydrogen) atoms. The van der Waals surface area contributed by atoms with Crippen LogP contribution < -0.4 is 0 Å². The van der Waals surface area contributed by atoms with Crippen LogP contribution in [0.5, 0.6) is 0 Å². The zero-order valence-electron chi connectivity index (χ0n) is 14.8. The van der Waals surface area contributed by atoms with Gasteiger partial charge >= 0.3 is 0 Å². The van der Waals surface area contributed by atoms with Crippen molar-refractivity contribution in [2.75, 3.05) is 0 Å². The lowest BCUT2D eigenvalue weighted by Crippen LogP contribution is -2.56. The first kappa shape index (κ1) is 17.9. The Hall–Kier alpha value is -0.123. The Kier molecular flexibility index (Phi) is 5.67. The van der Waals surface area contributed by atoms with Gasteiger partial charge in [-0.3, -0.25) is 0 Å². The molecule has 0 radical (unpaired) electrons. The molecule has 0 N–H and O–H groups in total. The highest BCUT2D eigenvalue weighted by atomic mass is 28.4. The molecule has 2 nitrogen and oxygen atoms in total. The lowest BCUT2D eigenvalue weighted by atomic mass is 9.82. The zero-order chi connectivity index (χ0) is 15.6. The van der Waals surface area contributed by atoms with E-state index >= 15 is 0 Å². The van der Waals surface area contributed by atoms with Crippen molar-refractivity contribution in [3.05, 3.63) is 11.6 Å². The molecule has 1 saturated heterocycles. The second-order valence-electron chi connectivity index (χ2n) is 8.25. The summed E-state index contributed by atoms with van der Waals surface area (Å²) in [6.45, 7) is 17.8. The van der Waals surface area contributed by atoms with Crippen LogP contribution in [-0.2, 0) is 9.16 Å². The Morgan fingerprint density at radius 2 is 1.85 bits per heavy atom. The van der Waals surface area contributed by atoms with Crippen molar-refractivity contribution < 1.29 is 9.16 Å². The lowest BCUT2D eigenvalue weighted by molar-refractivity contribution is -0.213. The van der Waals surface area contributed by atoms with Gasteiger partial charge in [-0.15, -0.1) is 0 Å². The number of hydrogen-bond donors (Lipinski definition) is 0. The highest BCUT2D eigenvalue weighted by Crippen LogP contribution is 2.40. The molecule has 1 aliphatic rings. The highest BCUT2D eigenvalue weighted by Gasteiger charge is 2.45. The summed E-state index contributed by atoms with van der Waals surface area (Å²) in [5.41, 5.74) is 1.19. The Balaban J connectivity index is 2.82. The van der Waals surface area contributed by atoms with E-state index in [0.717, 1.165) is 25.7 Å². The van der Waals surface area contributed by atoms with Gasteiger partial charge < -0.3 is 9.16 Å². The van der Waals surface area contributed by atoms with Crippen LogP contribution in [0, 0.1) is 0 Å². The Morgan fingerprint density at radius 1 is 1.25 bits per heavy atom. The van der Waals surface area contributed by atoms with Gasteiger partial charge in [-0.1, -0.05) is 11.6 Å². The van der Waals surface area contributed by atoms with Gasteiger partial charge in [0.05, 0.1) is 17.3 Å². The Bertz CT molecular complexity index is 350. The van der Waals surface area contributed by atoms with E-state index in [-0.39, 0.29) is 17.3 Å². The normalized spacial score (nSPS) is 30.1. The third-order valence-corrected chi connectivity index (χ3v) is 4.88. The van der Waals surface area contributed by atoms with E-state index in [2.05, 4.69) is 60.3 Å². The minimum absolute atomic E-state index is 0.0287. The van der Waals surface area contributed by atoms with E-state index in [1.165, 1.54) is 5.57 Å². The summed E-state index contributed by atoms with van der Waals surface area (Å²) in [5.74, 6) is 0. The van der Waals surface area contributed by atoms with Gasteiger partial charge in [-0.2, -0.15) is 0 Å². The van der Waals surface area contributed by atoms with Gasteiger partial charge in [-0.25, -0.2) is 0 Å². The molecule has 3 heteroatoms. The minimum atomic E-state index is -1.54. The van der Waals surface area contributed by atoms with E-state index in [1.807, 2.05) is 0 Å². The monoisotopic (exact) mass is 298 g/mol. The average molecular weight is 299 g/mol. The number of ether oxygens (including phenoxy) is 1. The SMILES string of the molecule is CC(C)=CCC[C@]1(C)OC(C)(C)CC[C@H]1O[Si](C)(C)C. The van der Waals surface area contributed by atoms with E-state index < -0.39 is 8.32 Å². The maximum absolute atomic E-state index is 6.47. The second kappa shape index (κ2) is 6.33. The molecule has 1 fully saturated rings. The first-order valence-electron chi connectivity index (χ1n) is 7.95. The maximum atomic E-state index is 6.47. The van der Waals surface area contributed by atoms with Crippen LogP contribution in [0.4, 0.5) is 0 Å². The van der Waals surface area contributed by atoms with Crippen LogP contribution in [-0.4, -0.2) is 25.6 Å². The third-order valence-electron chi connectivity index (χ3n) is 3.89. The molecule has 0 unspecified atom stereocenters. The maximum Gasteiger partial charge on any atom is 0.184 e. The van der Waals surface area contributed by atoms with Crippen molar-refractivity contribution in [1.82, 2.24) is 0 Å². The van der Waals surface area contributed by atoms with E-state index in [0.29, 0.717) is 0 Å². The molecule has 0 saturated carbocycles. The van der Waals surface area contributed by atoms with Crippen molar-refractivity contribution in [3.63, 3.8) is 0 Å². The molecule has 0 amide bonds. The van der Waals surface area contributed by atoms with E-state index in [9.17, 15) is 0 Å². The fourth-order valence-corrected chi connectivity index (χ4v) is 4.22. The van der Waals surface area contributed by atoms with Crippen molar-refractivity contribution in [2.24, 2.45) is 0 Å². The summed E-state index contributed by atoms with van der Waals surface area (Å²) in [6, 6.07) is 0. The van der Waals surface area contributed by atoms with Crippen LogP contribution in [0.2, 0.25) is 19.6 Å². The summed E-state index contributed by atoms with van der Waals surface area (Å²) in [5, 5.41) is 0. The molecule has 0 aromatic rings. The van der Waals surface area contributed by atoms with Crippen molar-refractivity contribution in [1.29, 1.82) is 0 Å². The molecule has 1 rings (SSSR count). The number of hydrogen-bond acceptors (Lipinski definition) is 2. The average Bonchev–Trinajstić information content (AvgIpc) is 2.19. The first-order chi connectivity index (χ1) is 8.94. The van der Waals surface area contributed by atoms with Gasteiger partial charge in [0.1, 0.15) is 0 Å². The molecule has 0 aromatic carbocycles. The van der Waals surface area contributed by atoms with Crippen molar-refractivity contribution in [3.8, 4) is 0 Å². The highest BCUT2D eigenvalue weighted by molar-refractivity contribution is 6.69. The van der Waals surface area contributed by atoms with Gasteiger partial charge in [-0.05, 0) is 79.9 Å². The zero-order valence-corrected chi connectivity index (χ0v) is 15.8. The van der Waals surface area contributed by atoms with Crippen LogP contribution in [0.1, 0.15) is 60.3 Å². The summed E-state index contributed by atoms with van der Waals surface area (Å²) < 4.78 is 12.9. The van der Waals surface area contributed by atoms with Crippen molar-refractivity contribution in [2.45, 2.75) is 97.2 Å². The minimum Gasteiger partial charge on any atom is -0.412 e. The second-order valence-corrected chi connectivity index (χ2v) is 12.7. The molecular formula is C17H34O2Si. The Labute approximate surface area is 127 Å². The smallest absolute Gasteiger partial charge is 0.184 e. The molecule has 1 heterocycles. The van der Waals surface area contributed by atoms with Gasteiger partial charge in [0.25, 0.3) is 0 Å². The van der Waals surface area contributed by atoms with Crippen LogP contribution >= 0.6 is 0 Å². The fraction of sp³-hybridized carbons (Fsp3) is 0.882. The molecule has 0 bridgehead atoms. The summed E-state index contributed by atoms with van der Waals surface area (Å²) in [4.78, 5) is 0. The van der Waals surface area contributed by atoms with Crippen molar-refractivity contribution >= 4 is 8.32 Å². The molecular weight excluding hydrogens is 264 g/mol. The third kappa shape index (κ3) is 5.70.